The third kappa shape index (κ3) is 3.22. The lowest BCUT2D eigenvalue weighted by Crippen LogP contribution is -2.43. The molecule has 1 heterocycles. The molecule has 5 heteroatoms. The van der Waals surface area contributed by atoms with Crippen molar-refractivity contribution in [2.45, 2.75) is 6.42 Å². The molecule has 0 saturated carbocycles. The molecule has 2 rings (SSSR count). The van der Waals surface area contributed by atoms with Crippen LogP contribution in [-0.2, 0) is 0 Å². The number of nitrogens with zero attached hydrogens (tertiary/aromatic N) is 1. The van der Waals surface area contributed by atoms with Gasteiger partial charge in [-0.3, -0.25) is 10.2 Å². The Kier molecular flexibility index (Phi) is 4.05. The fourth-order valence-electron chi connectivity index (χ4n) is 1.59. The highest BCUT2D eigenvalue weighted by molar-refractivity contribution is 6.42. The van der Waals surface area contributed by atoms with Crippen molar-refractivity contribution in [3.63, 3.8) is 0 Å². The molecule has 1 aromatic rings. The molecule has 0 fully saturated rings. The summed E-state index contributed by atoms with van der Waals surface area (Å²) in [5.74, 6) is -0.168. The molecule has 3 nitrogen and oxygen atoms in total. The van der Waals surface area contributed by atoms with E-state index in [-0.39, 0.29) is 5.91 Å². The van der Waals surface area contributed by atoms with Gasteiger partial charge in [-0.25, -0.2) is 5.01 Å². The largest absolute Gasteiger partial charge is 0.284 e. The second-order valence-corrected chi connectivity index (χ2v) is 4.59. The van der Waals surface area contributed by atoms with Crippen LogP contribution in [0.15, 0.2) is 30.4 Å². The van der Waals surface area contributed by atoms with Crippen molar-refractivity contribution in [2.24, 2.45) is 0 Å². The topological polar surface area (TPSA) is 32.3 Å². The van der Waals surface area contributed by atoms with Gasteiger partial charge in [0.25, 0.3) is 5.91 Å². The lowest BCUT2D eigenvalue weighted by atomic mass is 10.2. The molecule has 17 heavy (non-hydrogen) atoms. The molecule has 90 valence electrons. The van der Waals surface area contributed by atoms with Gasteiger partial charge in [0.2, 0.25) is 0 Å². The van der Waals surface area contributed by atoms with Gasteiger partial charge in [-0.15, -0.1) is 0 Å². The average Bonchev–Trinajstić information content (AvgIpc) is 2.34. The maximum atomic E-state index is 11.9. The smallest absolute Gasteiger partial charge is 0.265 e. The van der Waals surface area contributed by atoms with E-state index in [1.165, 1.54) is 0 Å². The van der Waals surface area contributed by atoms with Crippen LogP contribution in [0, 0.1) is 0 Å². The predicted molar refractivity (Wildman–Crippen MR) is 69.3 cm³/mol. The van der Waals surface area contributed by atoms with Gasteiger partial charge < -0.3 is 0 Å². The number of nitrogens with one attached hydrogen (secondary N) is 1. The molecule has 0 unspecified atom stereocenters. The maximum Gasteiger partial charge on any atom is 0.265 e. The van der Waals surface area contributed by atoms with Gasteiger partial charge in [0, 0.05) is 18.7 Å². The summed E-state index contributed by atoms with van der Waals surface area (Å²) in [5, 5.41) is 2.70. The normalized spacial score (nSPS) is 15.9. The van der Waals surface area contributed by atoms with Gasteiger partial charge in [0.05, 0.1) is 10.0 Å². The van der Waals surface area contributed by atoms with E-state index < -0.39 is 0 Å². The average molecular weight is 271 g/mol. The molecule has 1 amide bonds. The zero-order valence-electron chi connectivity index (χ0n) is 9.12. The zero-order chi connectivity index (χ0) is 12.3. The van der Waals surface area contributed by atoms with E-state index in [9.17, 15) is 4.79 Å². The van der Waals surface area contributed by atoms with E-state index in [1.54, 1.807) is 18.2 Å². The van der Waals surface area contributed by atoms with Crippen LogP contribution >= 0.6 is 23.2 Å². The van der Waals surface area contributed by atoms with E-state index in [1.807, 2.05) is 11.1 Å². The summed E-state index contributed by atoms with van der Waals surface area (Å²) in [6, 6.07) is 4.84. The molecule has 1 N–H and O–H groups in total. The number of carbonyl (C=O) groups is 1. The van der Waals surface area contributed by atoms with Crippen molar-refractivity contribution >= 4 is 29.1 Å². The van der Waals surface area contributed by atoms with Gasteiger partial charge in [0.1, 0.15) is 0 Å². The lowest BCUT2D eigenvalue weighted by molar-refractivity contribution is 0.0804. The van der Waals surface area contributed by atoms with E-state index in [2.05, 4.69) is 11.5 Å². The van der Waals surface area contributed by atoms with Crippen LogP contribution in [-0.4, -0.2) is 24.0 Å². The first-order valence-corrected chi connectivity index (χ1v) is 6.08. The quantitative estimate of drug-likeness (QED) is 0.839. The molecule has 0 saturated heterocycles. The van der Waals surface area contributed by atoms with Crippen molar-refractivity contribution in [3.05, 3.63) is 46.0 Å². The Hall–Kier alpha value is -1.03. The standard InChI is InChI=1S/C12H12Cl2N2O/c13-10-5-4-9(8-11(10)14)12(17)15-16-6-2-1-3-7-16/h1-2,4-5,8H,3,6-7H2,(H,15,17). The number of benzene rings is 1. The molecule has 0 aromatic heterocycles. The highest BCUT2D eigenvalue weighted by Gasteiger charge is 2.12. The summed E-state index contributed by atoms with van der Waals surface area (Å²) in [6.07, 6.45) is 5.07. The van der Waals surface area contributed by atoms with Crippen LogP contribution in [0.1, 0.15) is 16.8 Å². The molecule has 0 atom stereocenters. The fourth-order valence-corrected chi connectivity index (χ4v) is 1.89. The van der Waals surface area contributed by atoms with Gasteiger partial charge in [-0.2, -0.15) is 0 Å². The van der Waals surface area contributed by atoms with Gasteiger partial charge in [-0.1, -0.05) is 35.4 Å². The zero-order valence-corrected chi connectivity index (χ0v) is 10.6. The predicted octanol–water partition coefficient (Wildman–Crippen LogP) is 2.90. The highest BCUT2D eigenvalue weighted by atomic mass is 35.5. The van der Waals surface area contributed by atoms with E-state index in [4.69, 9.17) is 23.2 Å². The molecule has 1 aliphatic heterocycles. The van der Waals surface area contributed by atoms with Crippen molar-refractivity contribution in [1.82, 2.24) is 10.4 Å². The van der Waals surface area contributed by atoms with Crippen LogP contribution in [0.4, 0.5) is 0 Å². The minimum atomic E-state index is -0.168. The Balaban J connectivity index is 2.03. The number of amides is 1. The highest BCUT2D eigenvalue weighted by Crippen LogP contribution is 2.22. The second-order valence-electron chi connectivity index (χ2n) is 3.78. The van der Waals surface area contributed by atoms with Gasteiger partial charge in [0.15, 0.2) is 0 Å². The van der Waals surface area contributed by atoms with Crippen LogP contribution in [0.25, 0.3) is 0 Å². The van der Waals surface area contributed by atoms with Crippen molar-refractivity contribution in [1.29, 1.82) is 0 Å². The number of hydrogen-bond donors (Lipinski definition) is 1. The summed E-state index contributed by atoms with van der Waals surface area (Å²) < 4.78 is 0. The summed E-state index contributed by atoms with van der Waals surface area (Å²) in [7, 11) is 0. The molecule has 0 aliphatic carbocycles. The first-order valence-electron chi connectivity index (χ1n) is 5.33. The Morgan fingerprint density at radius 1 is 1.24 bits per heavy atom. The summed E-state index contributed by atoms with van der Waals surface area (Å²) in [4.78, 5) is 11.9. The SMILES string of the molecule is O=C(NN1CC=CCC1)c1ccc(Cl)c(Cl)c1. The molecular weight excluding hydrogens is 259 g/mol. The molecule has 1 aliphatic rings. The van der Waals surface area contributed by atoms with Gasteiger partial charge in [-0.05, 0) is 24.6 Å². The number of hydrazine groups is 1. The summed E-state index contributed by atoms with van der Waals surface area (Å²) in [5.41, 5.74) is 3.33. The van der Waals surface area contributed by atoms with Crippen molar-refractivity contribution in [3.8, 4) is 0 Å². The first-order chi connectivity index (χ1) is 8.16. The number of halogens is 2. The third-order valence-electron chi connectivity index (χ3n) is 2.50. The third-order valence-corrected chi connectivity index (χ3v) is 3.24. The van der Waals surface area contributed by atoms with Crippen molar-refractivity contribution in [2.75, 3.05) is 13.1 Å². The molecule has 0 spiro atoms. The van der Waals surface area contributed by atoms with Gasteiger partial charge >= 0.3 is 0 Å². The Labute approximate surface area is 110 Å². The van der Waals surface area contributed by atoms with Crippen LogP contribution < -0.4 is 5.43 Å². The van der Waals surface area contributed by atoms with E-state index in [0.29, 0.717) is 15.6 Å². The van der Waals surface area contributed by atoms with Crippen LogP contribution in [0.2, 0.25) is 10.0 Å². The second kappa shape index (κ2) is 5.54. The Bertz CT molecular complexity index is 460. The molecule has 0 radical (unpaired) electrons. The minimum absolute atomic E-state index is 0.168. The molecular formula is C12H12Cl2N2O. The fraction of sp³-hybridized carbons (Fsp3) is 0.250. The van der Waals surface area contributed by atoms with E-state index >= 15 is 0 Å². The van der Waals surface area contributed by atoms with E-state index in [0.717, 1.165) is 19.5 Å². The number of hydrogen-bond acceptors (Lipinski definition) is 2. The number of carbonyl (C=O) groups excluding carboxylic acids is 1. The number of rotatable bonds is 2. The lowest BCUT2D eigenvalue weighted by Gasteiger charge is -2.23. The maximum absolute atomic E-state index is 11.9. The Morgan fingerprint density at radius 3 is 2.71 bits per heavy atom. The van der Waals surface area contributed by atoms with Crippen molar-refractivity contribution < 1.29 is 4.79 Å². The van der Waals surface area contributed by atoms with Crippen LogP contribution in [0.5, 0.6) is 0 Å². The summed E-state index contributed by atoms with van der Waals surface area (Å²) in [6.45, 7) is 1.55. The monoisotopic (exact) mass is 270 g/mol. The summed E-state index contributed by atoms with van der Waals surface area (Å²) >= 11 is 11.7. The first kappa shape index (κ1) is 12.4. The van der Waals surface area contributed by atoms with Crippen LogP contribution in [0.3, 0.4) is 0 Å². The molecule has 0 bridgehead atoms. The minimum Gasteiger partial charge on any atom is -0.284 e. The Morgan fingerprint density at radius 2 is 2.06 bits per heavy atom. The molecule has 1 aromatic carbocycles.